The molecule has 17 heavy (non-hydrogen) atoms. The van der Waals surface area contributed by atoms with E-state index in [0.717, 1.165) is 23.5 Å². The fraction of sp³-hybridized carbons (Fsp3) is 0.333. The van der Waals surface area contributed by atoms with Gasteiger partial charge in [0.2, 0.25) is 0 Å². The minimum atomic E-state index is 0.504. The van der Waals surface area contributed by atoms with E-state index in [0.29, 0.717) is 5.88 Å². The van der Waals surface area contributed by atoms with Gasteiger partial charge in [0.25, 0.3) is 0 Å². The molecule has 0 fully saturated rings. The number of aryl methyl sites for hydroxylation is 1. The molecule has 0 saturated carbocycles. The molecule has 0 saturated heterocycles. The van der Waals surface area contributed by atoms with Gasteiger partial charge in [-0.1, -0.05) is 0 Å². The van der Waals surface area contributed by atoms with Crippen molar-refractivity contribution in [1.29, 1.82) is 0 Å². The fourth-order valence-corrected chi connectivity index (χ4v) is 2.71. The Labute approximate surface area is 110 Å². The van der Waals surface area contributed by atoms with Crippen LogP contribution in [0, 0.1) is 6.92 Å². The number of hydrogen-bond acceptors (Lipinski definition) is 4. The van der Waals surface area contributed by atoms with Crippen LogP contribution in [-0.2, 0) is 12.4 Å². The average molecular weight is 268 g/mol. The lowest BCUT2D eigenvalue weighted by molar-refractivity contribution is 0.913. The molecule has 90 valence electrons. The summed E-state index contributed by atoms with van der Waals surface area (Å²) in [5, 5.41) is 0. The minimum absolute atomic E-state index is 0.504. The molecule has 0 aliphatic rings. The van der Waals surface area contributed by atoms with Gasteiger partial charge in [0.05, 0.1) is 29.6 Å². The zero-order valence-electron chi connectivity index (χ0n) is 9.85. The molecule has 0 aromatic carbocycles. The Bertz CT molecular complexity index is 498. The zero-order valence-corrected chi connectivity index (χ0v) is 11.4. The maximum Gasteiger partial charge on any atom is 0.0798 e. The van der Waals surface area contributed by atoms with Crippen molar-refractivity contribution in [2.75, 3.05) is 11.9 Å². The number of hydrogen-bond donors (Lipinski definition) is 0. The summed E-state index contributed by atoms with van der Waals surface area (Å²) in [6.07, 6.45) is 3.63. The molecule has 5 heteroatoms. The molecule has 0 aliphatic carbocycles. The van der Waals surface area contributed by atoms with E-state index in [9.17, 15) is 0 Å². The van der Waals surface area contributed by atoms with E-state index in [1.165, 1.54) is 4.88 Å². The Hall–Kier alpha value is -1.13. The van der Waals surface area contributed by atoms with Gasteiger partial charge in [-0.05, 0) is 18.6 Å². The first-order chi connectivity index (χ1) is 8.22. The van der Waals surface area contributed by atoms with Gasteiger partial charge in [0.15, 0.2) is 0 Å². The van der Waals surface area contributed by atoms with Crippen LogP contribution in [0.3, 0.4) is 0 Å². The molecule has 2 aromatic rings. The van der Waals surface area contributed by atoms with Gasteiger partial charge in [-0.3, -0.25) is 4.98 Å². The molecule has 0 amide bonds. The van der Waals surface area contributed by atoms with Gasteiger partial charge >= 0.3 is 0 Å². The third kappa shape index (κ3) is 2.76. The Balaban J connectivity index is 2.20. The summed E-state index contributed by atoms with van der Waals surface area (Å²) in [4.78, 5) is 11.8. The summed E-state index contributed by atoms with van der Waals surface area (Å²) in [6, 6.07) is 1.96. The summed E-state index contributed by atoms with van der Waals surface area (Å²) in [7, 11) is 2.05. The number of alkyl halides is 1. The first-order valence-corrected chi connectivity index (χ1v) is 6.72. The third-order valence-electron chi connectivity index (χ3n) is 2.67. The van der Waals surface area contributed by atoms with Gasteiger partial charge in [0.1, 0.15) is 0 Å². The Morgan fingerprint density at radius 2 is 2.29 bits per heavy atom. The Kier molecular flexibility index (Phi) is 3.97. The van der Waals surface area contributed by atoms with Crippen LogP contribution in [0.2, 0.25) is 0 Å². The first kappa shape index (κ1) is 12.3. The number of rotatable bonds is 4. The van der Waals surface area contributed by atoms with Crippen molar-refractivity contribution in [1.82, 2.24) is 9.97 Å². The van der Waals surface area contributed by atoms with Crippen LogP contribution in [0.5, 0.6) is 0 Å². The van der Waals surface area contributed by atoms with Crippen LogP contribution in [0.15, 0.2) is 24.0 Å². The number of anilines is 1. The van der Waals surface area contributed by atoms with E-state index < -0.39 is 0 Å². The van der Waals surface area contributed by atoms with Crippen molar-refractivity contribution in [3.63, 3.8) is 0 Å². The highest BCUT2D eigenvalue weighted by Crippen LogP contribution is 2.23. The molecule has 0 spiro atoms. The maximum absolute atomic E-state index is 5.93. The second kappa shape index (κ2) is 5.47. The smallest absolute Gasteiger partial charge is 0.0798 e. The number of aromatic nitrogens is 2. The number of thiazole rings is 1. The summed E-state index contributed by atoms with van der Waals surface area (Å²) in [5.41, 5.74) is 5.16. The van der Waals surface area contributed by atoms with E-state index in [1.54, 1.807) is 17.5 Å². The fourth-order valence-electron chi connectivity index (χ4n) is 1.65. The quantitative estimate of drug-likeness (QED) is 0.797. The molecule has 2 heterocycles. The molecule has 0 unspecified atom stereocenters. The van der Waals surface area contributed by atoms with Crippen LogP contribution < -0.4 is 4.90 Å². The van der Waals surface area contributed by atoms with Crippen molar-refractivity contribution < 1.29 is 0 Å². The van der Waals surface area contributed by atoms with Crippen LogP contribution >= 0.6 is 22.9 Å². The zero-order chi connectivity index (χ0) is 12.3. The molecular formula is C12H14ClN3S. The Morgan fingerprint density at radius 1 is 1.47 bits per heavy atom. The van der Waals surface area contributed by atoms with Gasteiger partial charge in [-0.25, -0.2) is 4.98 Å². The van der Waals surface area contributed by atoms with Crippen molar-refractivity contribution in [2.24, 2.45) is 0 Å². The van der Waals surface area contributed by atoms with E-state index in [1.807, 2.05) is 31.7 Å². The number of pyridine rings is 1. The average Bonchev–Trinajstić information content (AvgIpc) is 2.75. The second-order valence-corrected chi connectivity index (χ2v) is 5.06. The second-order valence-electron chi connectivity index (χ2n) is 3.86. The number of halogens is 1. The van der Waals surface area contributed by atoms with E-state index in [-0.39, 0.29) is 0 Å². The summed E-state index contributed by atoms with van der Waals surface area (Å²) in [5.74, 6) is 0.504. The normalized spacial score (nSPS) is 10.5. The molecule has 0 atom stereocenters. The first-order valence-electron chi connectivity index (χ1n) is 5.31. The van der Waals surface area contributed by atoms with E-state index >= 15 is 0 Å². The molecule has 0 N–H and O–H groups in total. The lowest BCUT2D eigenvalue weighted by Crippen LogP contribution is -2.17. The summed E-state index contributed by atoms with van der Waals surface area (Å²) in [6.45, 7) is 2.87. The van der Waals surface area contributed by atoms with Gasteiger partial charge in [-0.15, -0.1) is 22.9 Å². The molecule has 2 rings (SSSR count). The molecular weight excluding hydrogens is 254 g/mol. The lowest BCUT2D eigenvalue weighted by atomic mass is 10.2. The maximum atomic E-state index is 5.93. The predicted molar refractivity (Wildman–Crippen MR) is 72.8 cm³/mol. The standard InChI is InChI=1S/C12H14ClN3S/c1-9-12(17-8-15-9)7-16(2)11-6-14-4-3-10(11)5-13/h3-4,6,8H,5,7H2,1-2H3. The largest absolute Gasteiger partial charge is 0.368 e. The van der Waals surface area contributed by atoms with Gasteiger partial charge in [-0.2, -0.15) is 0 Å². The molecule has 0 radical (unpaired) electrons. The van der Waals surface area contributed by atoms with Crippen LogP contribution in [-0.4, -0.2) is 17.0 Å². The summed E-state index contributed by atoms with van der Waals surface area (Å²) >= 11 is 7.60. The third-order valence-corrected chi connectivity index (χ3v) is 3.88. The topological polar surface area (TPSA) is 29.0 Å². The highest BCUT2D eigenvalue weighted by molar-refractivity contribution is 7.09. The van der Waals surface area contributed by atoms with Crippen molar-refractivity contribution in [3.8, 4) is 0 Å². The molecule has 3 nitrogen and oxygen atoms in total. The van der Waals surface area contributed by atoms with E-state index in [4.69, 9.17) is 11.6 Å². The van der Waals surface area contributed by atoms with Gasteiger partial charge in [0, 0.05) is 24.0 Å². The highest BCUT2D eigenvalue weighted by Gasteiger charge is 2.10. The summed E-state index contributed by atoms with van der Waals surface area (Å²) < 4.78 is 0. The van der Waals surface area contributed by atoms with Crippen LogP contribution in [0.25, 0.3) is 0 Å². The van der Waals surface area contributed by atoms with Crippen molar-refractivity contribution >= 4 is 28.6 Å². The SMILES string of the molecule is Cc1ncsc1CN(C)c1cnccc1CCl. The molecule has 0 bridgehead atoms. The van der Waals surface area contributed by atoms with E-state index in [2.05, 4.69) is 14.9 Å². The highest BCUT2D eigenvalue weighted by atomic mass is 35.5. The van der Waals surface area contributed by atoms with Gasteiger partial charge < -0.3 is 4.90 Å². The number of nitrogens with zero attached hydrogens (tertiary/aromatic N) is 3. The van der Waals surface area contributed by atoms with Crippen LogP contribution in [0.1, 0.15) is 16.1 Å². The predicted octanol–water partition coefficient (Wildman–Crippen LogP) is 3.22. The van der Waals surface area contributed by atoms with Crippen molar-refractivity contribution in [3.05, 3.63) is 40.1 Å². The lowest BCUT2D eigenvalue weighted by Gasteiger charge is -2.20. The molecule has 0 aliphatic heterocycles. The monoisotopic (exact) mass is 267 g/mol. The minimum Gasteiger partial charge on any atom is -0.368 e. The molecule has 2 aromatic heterocycles. The van der Waals surface area contributed by atoms with Crippen molar-refractivity contribution in [2.45, 2.75) is 19.3 Å². The van der Waals surface area contributed by atoms with Crippen LogP contribution in [0.4, 0.5) is 5.69 Å². The Morgan fingerprint density at radius 3 is 2.94 bits per heavy atom.